The molecular formula is C27H32N4O4. The van der Waals surface area contributed by atoms with Crippen molar-refractivity contribution in [2.75, 3.05) is 13.7 Å². The van der Waals surface area contributed by atoms with Crippen molar-refractivity contribution in [3.8, 4) is 11.8 Å². The van der Waals surface area contributed by atoms with Crippen molar-refractivity contribution in [3.63, 3.8) is 0 Å². The number of ketones is 1. The standard InChI is InChI=1S/C27H32N4O4/c1-35-24-11-5-9-21-20(24)13-22(30-21)27(34)31-15-17-7-4-8-19(17)25(31)26(33)29-18(14-28)12-16-6-2-3-10-23(16)32/h5,9,11,13,16-19,25,30H,2-4,6-8,10,12,15H2,1H3,(H,29,33)/t16-,17-,18-,19-,25-/m0/s1. The lowest BCUT2D eigenvalue weighted by Crippen LogP contribution is -2.51. The highest BCUT2D eigenvalue weighted by molar-refractivity contribution is 6.02. The van der Waals surface area contributed by atoms with Crippen LogP contribution in [0.2, 0.25) is 0 Å². The van der Waals surface area contributed by atoms with Crippen LogP contribution >= 0.6 is 0 Å². The van der Waals surface area contributed by atoms with Gasteiger partial charge in [-0.05, 0) is 62.1 Å². The number of likely N-dealkylation sites (tertiary alicyclic amines) is 1. The molecule has 2 heterocycles. The Morgan fingerprint density at radius 1 is 1.26 bits per heavy atom. The van der Waals surface area contributed by atoms with E-state index in [9.17, 15) is 19.6 Å². The molecular weight excluding hydrogens is 444 g/mol. The van der Waals surface area contributed by atoms with Gasteiger partial charge >= 0.3 is 0 Å². The zero-order valence-corrected chi connectivity index (χ0v) is 20.1. The lowest BCUT2D eigenvalue weighted by Gasteiger charge is -2.28. The highest BCUT2D eigenvalue weighted by atomic mass is 16.5. The first-order chi connectivity index (χ1) is 17.0. The second-order valence-electron chi connectivity index (χ2n) is 10.2. The summed E-state index contributed by atoms with van der Waals surface area (Å²) in [5.41, 5.74) is 1.22. The van der Waals surface area contributed by atoms with E-state index in [1.807, 2.05) is 18.2 Å². The first-order valence-corrected chi connectivity index (χ1v) is 12.7. The molecule has 1 aromatic carbocycles. The van der Waals surface area contributed by atoms with Crippen molar-refractivity contribution in [2.45, 2.75) is 63.5 Å². The molecule has 2 N–H and O–H groups in total. The maximum Gasteiger partial charge on any atom is 0.271 e. The van der Waals surface area contributed by atoms with E-state index in [-0.39, 0.29) is 35.4 Å². The third-order valence-electron chi connectivity index (χ3n) is 8.17. The Labute approximate surface area is 205 Å². The summed E-state index contributed by atoms with van der Waals surface area (Å²) in [7, 11) is 1.60. The van der Waals surface area contributed by atoms with Gasteiger partial charge in [0.2, 0.25) is 5.91 Å². The van der Waals surface area contributed by atoms with Gasteiger partial charge in [-0.2, -0.15) is 5.26 Å². The first-order valence-electron chi connectivity index (χ1n) is 12.7. The van der Waals surface area contributed by atoms with E-state index in [1.165, 1.54) is 0 Å². The Bertz CT molecular complexity index is 1180. The number of rotatable bonds is 6. The van der Waals surface area contributed by atoms with Gasteiger partial charge in [0, 0.05) is 29.8 Å². The number of carbonyl (C=O) groups is 3. The Balaban J connectivity index is 1.36. The average Bonchev–Trinajstić information content (AvgIpc) is 3.58. The smallest absolute Gasteiger partial charge is 0.271 e. The van der Waals surface area contributed by atoms with Crippen LogP contribution in [0.15, 0.2) is 24.3 Å². The van der Waals surface area contributed by atoms with Gasteiger partial charge in [0.05, 0.1) is 13.2 Å². The number of Topliss-reactive ketones (excluding diaryl/α,β-unsaturated/α-hetero) is 1. The number of aromatic amines is 1. The molecule has 0 radical (unpaired) electrons. The van der Waals surface area contributed by atoms with Gasteiger partial charge in [0.1, 0.15) is 29.3 Å². The van der Waals surface area contributed by atoms with E-state index in [0.29, 0.717) is 30.8 Å². The quantitative estimate of drug-likeness (QED) is 0.661. The Morgan fingerprint density at radius 2 is 2.11 bits per heavy atom. The fourth-order valence-electron chi connectivity index (χ4n) is 6.42. The molecule has 1 saturated heterocycles. The molecule has 184 valence electrons. The number of ether oxygens (including phenoxy) is 1. The highest BCUT2D eigenvalue weighted by Gasteiger charge is 2.50. The number of hydrogen-bond donors (Lipinski definition) is 2. The van der Waals surface area contributed by atoms with Crippen LogP contribution in [0.1, 0.15) is 61.9 Å². The summed E-state index contributed by atoms with van der Waals surface area (Å²) in [6.07, 6.45) is 6.49. The molecule has 2 aromatic rings. The number of carbonyl (C=O) groups excluding carboxylic acids is 3. The van der Waals surface area contributed by atoms with Gasteiger partial charge in [-0.15, -0.1) is 0 Å². The number of hydrogen-bond acceptors (Lipinski definition) is 5. The van der Waals surface area contributed by atoms with E-state index in [1.54, 1.807) is 18.1 Å². The van der Waals surface area contributed by atoms with Crippen molar-refractivity contribution in [3.05, 3.63) is 30.0 Å². The van der Waals surface area contributed by atoms with E-state index in [2.05, 4.69) is 16.4 Å². The average molecular weight is 477 g/mol. The topological polar surface area (TPSA) is 115 Å². The first kappa shape index (κ1) is 23.4. The molecule has 5 atom stereocenters. The van der Waals surface area contributed by atoms with Crippen molar-refractivity contribution in [1.29, 1.82) is 5.26 Å². The number of nitriles is 1. The van der Waals surface area contributed by atoms with E-state index < -0.39 is 12.1 Å². The Hall–Kier alpha value is -3.34. The fraction of sp³-hybridized carbons (Fsp3) is 0.556. The molecule has 2 aliphatic carbocycles. The lowest BCUT2D eigenvalue weighted by molar-refractivity contribution is -0.128. The van der Waals surface area contributed by atoms with Crippen LogP contribution in [0.3, 0.4) is 0 Å². The molecule has 5 rings (SSSR count). The minimum Gasteiger partial charge on any atom is -0.496 e. The molecule has 0 spiro atoms. The van der Waals surface area contributed by atoms with Crippen molar-refractivity contribution in [2.24, 2.45) is 17.8 Å². The van der Waals surface area contributed by atoms with E-state index in [0.717, 1.165) is 49.4 Å². The van der Waals surface area contributed by atoms with E-state index in [4.69, 9.17) is 4.74 Å². The maximum absolute atomic E-state index is 13.6. The van der Waals surface area contributed by atoms with Crippen LogP contribution in [0.4, 0.5) is 0 Å². The summed E-state index contributed by atoms with van der Waals surface area (Å²) < 4.78 is 5.43. The minimum absolute atomic E-state index is 0.0912. The molecule has 1 aromatic heterocycles. The number of H-pyrrole nitrogens is 1. The molecule has 3 fully saturated rings. The molecule has 8 heteroatoms. The number of nitrogens with one attached hydrogen (secondary N) is 2. The number of methoxy groups -OCH3 is 1. The van der Waals surface area contributed by atoms with Crippen molar-refractivity contribution >= 4 is 28.5 Å². The molecule has 1 aliphatic heterocycles. The van der Waals surface area contributed by atoms with Crippen molar-refractivity contribution in [1.82, 2.24) is 15.2 Å². The summed E-state index contributed by atoms with van der Waals surface area (Å²) in [4.78, 5) is 44.3. The third-order valence-corrected chi connectivity index (χ3v) is 8.17. The van der Waals surface area contributed by atoms with Gasteiger partial charge in [0.15, 0.2) is 0 Å². The number of fused-ring (bicyclic) bond motifs is 2. The molecule has 35 heavy (non-hydrogen) atoms. The van der Waals surface area contributed by atoms with Crippen LogP contribution < -0.4 is 10.1 Å². The summed E-state index contributed by atoms with van der Waals surface area (Å²) in [6, 6.07) is 8.22. The number of amides is 2. The molecule has 0 unspecified atom stereocenters. The Kier molecular flexibility index (Phi) is 6.50. The summed E-state index contributed by atoms with van der Waals surface area (Å²) in [6.45, 7) is 0.534. The maximum atomic E-state index is 13.6. The highest BCUT2D eigenvalue weighted by Crippen LogP contribution is 2.43. The third kappa shape index (κ3) is 4.40. The second kappa shape index (κ2) is 9.73. The van der Waals surface area contributed by atoms with Gasteiger partial charge in [-0.25, -0.2) is 0 Å². The normalized spacial score (nSPS) is 26.9. The van der Waals surface area contributed by atoms with Gasteiger partial charge < -0.3 is 19.9 Å². The molecule has 0 bridgehead atoms. The summed E-state index contributed by atoms with van der Waals surface area (Å²) >= 11 is 0. The van der Waals surface area contributed by atoms with Crippen LogP contribution in [-0.2, 0) is 9.59 Å². The number of aromatic nitrogens is 1. The van der Waals surface area contributed by atoms with Crippen LogP contribution in [0.25, 0.3) is 10.9 Å². The van der Waals surface area contributed by atoms with Crippen LogP contribution in [0.5, 0.6) is 5.75 Å². The predicted molar refractivity (Wildman–Crippen MR) is 130 cm³/mol. The van der Waals surface area contributed by atoms with Gasteiger partial charge in [-0.1, -0.05) is 18.9 Å². The summed E-state index contributed by atoms with van der Waals surface area (Å²) in [5.74, 6) is 0.580. The molecule has 3 aliphatic rings. The van der Waals surface area contributed by atoms with Crippen LogP contribution in [0, 0.1) is 29.1 Å². The zero-order valence-electron chi connectivity index (χ0n) is 20.1. The molecule has 8 nitrogen and oxygen atoms in total. The van der Waals surface area contributed by atoms with Gasteiger partial charge in [-0.3, -0.25) is 14.4 Å². The lowest BCUT2D eigenvalue weighted by atomic mass is 9.83. The molecule has 2 amide bonds. The number of benzene rings is 1. The van der Waals surface area contributed by atoms with Gasteiger partial charge in [0.25, 0.3) is 5.91 Å². The zero-order chi connectivity index (χ0) is 24.5. The molecule has 2 saturated carbocycles. The van der Waals surface area contributed by atoms with Crippen LogP contribution in [-0.4, -0.2) is 53.2 Å². The monoisotopic (exact) mass is 476 g/mol. The minimum atomic E-state index is -0.732. The SMILES string of the molecule is COc1cccc2[nH]c(C(=O)N3C[C@@H]4CCC[C@@H]4[C@H]3C(=O)N[C@H](C#N)C[C@@H]3CCCCC3=O)cc12. The van der Waals surface area contributed by atoms with E-state index >= 15 is 0 Å². The fourth-order valence-corrected chi connectivity index (χ4v) is 6.42. The largest absolute Gasteiger partial charge is 0.496 e. The predicted octanol–water partition coefficient (Wildman–Crippen LogP) is 3.57. The Morgan fingerprint density at radius 3 is 2.89 bits per heavy atom. The number of nitrogens with zero attached hydrogens (tertiary/aromatic N) is 2. The van der Waals surface area contributed by atoms with Crippen molar-refractivity contribution < 1.29 is 19.1 Å². The second-order valence-corrected chi connectivity index (χ2v) is 10.2. The summed E-state index contributed by atoms with van der Waals surface area (Å²) in [5, 5.41) is 13.4.